The number of carbonyl (C=O) groups excluding carboxylic acids is 3. The number of carbonyl (C=O) groups is 3. The molecule has 0 aliphatic rings. The largest absolute Gasteiger partial charge is 0.493 e. The number of methoxy groups -OCH3 is 3. The molecule has 0 aliphatic heterocycles. The van der Waals surface area contributed by atoms with Crippen LogP contribution in [0.25, 0.3) is 0 Å². The highest BCUT2D eigenvalue weighted by atomic mass is 35.5. The molecule has 0 atom stereocenters. The summed E-state index contributed by atoms with van der Waals surface area (Å²) in [7, 11) is 4.38. The van der Waals surface area contributed by atoms with Gasteiger partial charge in [-0.3, -0.25) is 9.59 Å². The second-order valence-corrected chi connectivity index (χ2v) is 8.06. The molecule has 0 saturated carbocycles. The fraction of sp³-hybridized carbons (Fsp3) is 0.185. The zero-order valence-corrected chi connectivity index (χ0v) is 21.7. The van der Waals surface area contributed by atoms with Gasteiger partial charge in [0.05, 0.1) is 43.7 Å². The number of benzene rings is 3. The predicted octanol–water partition coefficient (Wildman–Crippen LogP) is 3.86. The third kappa shape index (κ3) is 7.47. The Morgan fingerprint density at radius 3 is 2.18 bits per heavy atom. The molecule has 0 radical (unpaired) electrons. The minimum absolute atomic E-state index is 0.0311. The molecule has 3 rings (SSSR count). The van der Waals surface area contributed by atoms with Crippen LogP contribution in [0, 0.1) is 0 Å². The minimum atomic E-state index is -0.612. The van der Waals surface area contributed by atoms with E-state index in [2.05, 4.69) is 15.8 Å². The van der Waals surface area contributed by atoms with Gasteiger partial charge >= 0.3 is 5.97 Å². The molecule has 3 aromatic carbocycles. The van der Waals surface area contributed by atoms with E-state index in [1.165, 1.54) is 39.7 Å². The Hall–Kier alpha value is -4.57. The van der Waals surface area contributed by atoms with Crippen LogP contribution in [0.2, 0.25) is 5.02 Å². The number of esters is 1. The van der Waals surface area contributed by atoms with E-state index in [9.17, 15) is 14.4 Å². The molecule has 0 aromatic heterocycles. The van der Waals surface area contributed by atoms with Gasteiger partial charge in [-0.25, -0.2) is 10.2 Å². The predicted molar refractivity (Wildman–Crippen MR) is 142 cm³/mol. The van der Waals surface area contributed by atoms with Crippen molar-refractivity contribution in [3.63, 3.8) is 0 Å². The summed E-state index contributed by atoms with van der Waals surface area (Å²) in [6, 6.07) is 16.1. The van der Waals surface area contributed by atoms with Crippen LogP contribution in [0.15, 0.2) is 65.8 Å². The summed E-state index contributed by atoms with van der Waals surface area (Å²) in [5, 5.41) is 6.87. The van der Waals surface area contributed by atoms with E-state index in [1.807, 2.05) is 0 Å². The lowest BCUT2D eigenvalue weighted by atomic mass is 10.2. The number of hydrogen-bond donors (Lipinski definition) is 2. The summed E-state index contributed by atoms with van der Waals surface area (Å²) in [6.07, 6.45) is 1.47. The number of nitrogens with zero attached hydrogens (tertiary/aromatic N) is 1. The molecule has 2 N–H and O–H groups in total. The minimum Gasteiger partial charge on any atom is -0.493 e. The van der Waals surface area contributed by atoms with Crippen molar-refractivity contribution in [2.24, 2.45) is 5.10 Å². The second-order valence-electron chi connectivity index (χ2n) is 7.65. The van der Waals surface area contributed by atoms with Gasteiger partial charge in [-0.05, 0) is 54.1 Å². The standard InChI is InChI=1S/C27H26ClN3O7/c1-35-22-14-18(15-23(36-2)25(22)37-3)27(34)38-19-10-8-17(9-11-19)16-30-31-24(32)12-13-29-26(33)20-6-4-5-7-21(20)28/h4-11,14-16H,12-13H2,1-3H3,(H,29,33)(H,31,32)/b30-16-. The van der Waals surface area contributed by atoms with E-state index in [0.29, 0.717) is 39.1 Å². The quantitative estimate of drug-likeness (QED) is 0.164. The summed E-state index contributed by atoms with van der Waals surface area (Å²) in [6.45, 7) is 0.122. The molecule has 2 amide bonds. The molecule has 198 valence electrons. The first kappa shape index (κ1) is 28.0. The van der Waals surface area contributed by atoms with E-state index < -0.39 is 5.97 Å². The average molecular weight is 540 g/mol. The Balaban J connectivity index is 1.48. The van der Waals surface area contributed by atoms with Crippen LogP contribution >= 0.6 is 11.6 Å². The van der Waals surface area contributed by atoms with E-state index in [4.69, 9.17) is 30.5 Å². The first-order valence-electron chi connectivity index (χ1n) is 11.3. The van der Waals surface area contributed by atoms with E-state index in [-0.39, 0.29) is 30.3 Å². The van der Waals surface area contributed by atoms with Crippen LogP contribution in [0.4, 0.5) is 0 Å². The Kier molecular flexibility index (Phi) is 10.1. The van der Waals surface area contributed by atoms with Crippen LogP contribution < -0.4 is 29.7 Å². The molecule has 0 aliphatic carbocycles. The normalized spacial score (nSPS) is 10.5. The van der Waals surface area contributed by atoms with Gasteiger partial charge in [0.25, 0.3) is 5.91 Å². The van der Waals surface area contributed by atoms with Crippen molar-refractivity contribution in [1.82, 2.24) is 10.7 Å². The molecule has 0 unspecified atom stereocenters. The van der Waals surface area contributed by atoms with Gasteiger partial charge in [-0.2, -0.15) is 5.10 Å². The first-order valence-corrected chi connectivity index (χ1v) is 11.7. The lowest BCUT2D eigenvalue weighted by molar-refractivity contribution is -0.120. The summed E-state index contributed by atoms with van der Waals surface area (Å²) in [4.78, 5) is 36.7. The van der Waals surface area contributed by atoms with Crippen molar-refractivity contribution < 1.29 is 33.3 Å². The Labute approximate surface area is 224 Å². The van der Waals surface area contributed by atoms with Crippen molar-refractivity contribution in [1.29, 1.82) is 0 Å². The van der Waals surface area contributed by atoms with Gasteiger partial charge in [0.1, 0.15) is 5.75 Å². The number of rotatable bonds is 11. The van der Waals surface area contributed by atoms with Crippen LogP contribution in [0.5, 0.6) is 23.0 Å². The van der Waals surface area contributed by atoms with Gasteiger partial charge in [0.2, 0.25) is 11.7 Å². The molecule has 3 aromatic rings. The fourth-order valence-electron chi connectivity index (χ4n) is 3.25. The average Bonchev–Trinajstić information content (AvgIpc) is 2.93. The van der Waals surface area contributed by atoms with Crippen molar-refractivity contribution in [3.8, 4) is 23.0 Å². The fourth-order valence-corrected chi connectivity index (χ4v) is 3.47. The number of hydrogen-bond acceptors (Lipinski definition) is 8. The highest BCUT2D eigenvalue weighted by molar-refractivity contribution is 6.33. The maximum atomic E-state index is 12.6. The van der Waals surface area contributed by atoms with Crippen LogP contribution in [-0.2, 0) is 4.79 Å². The van der Waals surface area contributed by atoms with Crippen molar-refractivity contribution in [3.05, 3.63) is 82.4 Å². The first-order chi connectivity index (χ1) is 18.4. The second kappa shape index (κ2) is 13.7. The Bertz CT molecular complexity index is 1300. The van der Waals surface area contributed by atoms with Crippen LogP contribution in [-0.4, -0.2) is 51.9 Å². The smallest absolute Gasteiger partial charge is 0.343 e. The molecule has 0 bridgehead atoms. The molecule has 0 heterocycles. The number of ether oxygens (including phenoxy) is 4. The summed E-state index contributed by atoms with van der Waals surface area (Å²) in [5.74, 6) is -0.0248. The maximum Gasteiger partial charge on any atom is 0.343 e. The number of hydrazone groups is 1. The number of halogens is 1. The third-order valence-corrected chi connectivity index (χ3v) is 5.48. The summed E-state index contributed by atoms with van der Waals surface area (Å²) in [5.41, 5.74) is 3.60. The van der Waals surface area contributed by atoms with Gasteiger partial charge < -0.3 is 24.3 Å². The molecular formula is C27H26ClN3O7. The lowest BCUT2D eigenvalue weighted by Crippen LogP contribution is -2.29. The van der Waals surface area contributed by atoms with Crippen molar-refractivity contribution >= 4 is 35.6 Å². The van der Waals surface area contributed by atoms with Crippen LogP contribution in [0.1, 0.15) is 32.7 Å². The molecule has 0 fully saturated rings. The molecule has 11 heteroatoms. The highest BCUT2D eigenvalue weighted by Gasteiger charge is 2.18. The molecule has 38 heavy (non-hydrogen) atoms. The molecular weight excluding hydrogens is 514 g/mol. The summed E-state index contributed by atoms with van der Waals surface area (Å²) < 4.78 is 21.2. The van der Waals surface area contributed by atoms with Crippen molar-refractivity contribution in [2.45, 2.75) is 6.42 Å². The summed E-state index contributed by atoms with van der Waals surface area (Å²) >= 11 is 5.99. The molecule has 0 spiro atoms. The molecule has 0 saturated heterocycles. The van der Waals surface area contributed by atoms with E-state index >= 15 is 0 Å². The Morgan fingerprint density at radius 1 is 0.921 bits per heavy atom. The highest BCUT2D eigenvalue weighted by Crippen LogP contribution is 2.38. The van der Waals surface area contributed by atoms with Gasteiger partial charge in [-0.15, -0.1) is 0 Å². The zero-order chi connectivity index (χ0) is 27.5. The zero-order valence-electron chi connectivity index (χ0n) is 20.9. The SMILES string of the molecule is COc1cc(C(=O)Oc2ccc(/C=N\NC(=O)CCNC(=O)c3ccccc3Cl)cc2)cc(OC)c1OC. The topological polar surface area (TPSA) is 125 Å². The van der Waals surface area contributed by atoms with Crippen molar-refractivity contribution in [2.75, 3.05) is 27.9 Å². The monoisotopic (exact) mass is 539 g/mol. The third-order valence-electron chi connectivity index (χ3n) is 5.15. The molecule has 10 nitrogen and oxygen atoms in total. The lowest BCUT2D eigenvalue weighted by Gasteiger charge is -2.13. The maximum absolute atomic E-state index is 12.6. The Morgan fingerprint density at radius 2 is 1.58 bits per heavy atom. The number of nitrogens with one attached hydrogen (secondary N) is 2. The van der Waals surface area contributed by atoms with Gasteiger partial charge in [-0.1, -0.05) is 23.7 Å². The van der Waals surface area contributed by atoms with E-state index in [0.717, 1.165) is 0 Å². The number of amides is 2. The van der Waals surface area contributed by atoms with Gasteiger partial charge in [0.15, 0.2) is 11.5 Å². The van der Waals surface area contributed by atoms with Crippen LogP contribution in [0.3, 0.4) is 0 Å². The van der Waals surface area contributed by atoms with Gasteiger partial charge in [0, 0.05) is 13.0 Å². The van der Waals surface area contributed by atoms with E-state index in [1.54, 1.807) is 48.5 Å².